The van der Waals surface area contributed by atoms with E-state index < -0.39 is 0 Å². The second-order valence-electron chi connectivity index (χ2n) is 7.55. The number of aliphatic hydroxyl groups is 1. The van der Waals surface area contributed by atoms with E-state index in [0.29, 0.717) is 30.3 Å². The van der Waals surface area contributed by atoms with Crippen molar-refractivity contribution in [2.75, 3.05) is 49.2 Å². The predicted molar refractivity (Wildman–Crippen MR) is 132 cm³/mol. The zero-order valence-electron chi connectivity index (χ0n) is 18.8. The normalized spacial score (nSPS) is 13.1. The van der Waals surface area contributed by atoms with Gasteiger partial charge in [0.25, 0.3) is 5.91 Å². The highest BCUT2D eigenvalue weighted by molar-refractivity contribution is 6.31. The number of anilines is 3. The van der Waals surface area contributed by atoms with Gasteiger partial charge in [0.1, 0.15) is 0 Å². The SMILES string of the molecule is CCOC(=O)/C=C/CNCCCCN1c2ccccc2C(=O)N(CCO)c2ccc(Cl)cc21. The molecule has 0 atom stereocenters. The first-order chi connectivity index (χ1) is 16.1. The van der Waals surface area contributed by atoms with Crippen molar-refractivity contribution >= 4 is 40.5 Å². The molecule has 0 aromatic heterocycles. The summed E-state index contributed by atoms with van der Waals surface area (Å²) in [6.45, 7) is 4.30. The first-order valence-electron chi connectivity index (χ1n) is 11.2. The largest absolute Gasteiger partial charge is 0.463 e. The molecule has 1 aliphatic heterocycles. The Hall–Kier alpha value is -2.87. The average molecular weight is 472 g/mol. The van der Waals surface area contributed by atoms with Gasteiger partial charge in [-0.05, 0) is 56.6 Å². The Morgan fingerprint density at radius 2 is 1.91 bits per heavy atom. The first-order valence-corrected chi connectivity index (χ1v) is 11.6. The smallest absolute Gasteiger partial charge is 0.330 e. The van der Waals surface area contributed by atoms with Crippen LogP contribution in [0.3, 0.4) is 0 Å². The highest BCUT2D eigenvalue weighted by atomic mass is 35.5. The van der Waals surface area contributed by atoms with E-state index in [1.165, 1.54) is 6.08 Å². The number of nitrogens with one attached hydrogen (secondary N) is 1. The third-order valence-electron chi connectivity index (χ3n) is 5.30. The molecule has 0 aliphatic carbocycles. The number of aliphatic hydroxyl groups excluding tert-OH is 1. The lowest BCUT2D eigenvalue weighted by atomic mass is 10.1. The third-order valence-corrected chi connectivity index (χ3v) is 5.54. The van der Waals surface area contributed by atoms with Crippen LogP contribution in [0.1, 0.15) is 30.1 Å². The Morgan fingerprint density at radius 3 is 2.70 bits per heavy atom. The van der Waals surface area contributed by atoms with Gasteiger partial charge in [-0.2, -0.15) is 0 Å². The Morgan fingerprint density at radius 1 is 1.09 bits per heavy atom. The van der Waals surface area contributed by atoms with Crippen LogP contribution in [0.2, 0.25) is 5.02 Å². The van der Waals surface area contributed by atoms with Crippen molar-refractivity contribution in [3.05, 3.63) is 65.2 Å². The zero-order chi connectivity index (χ0) is 23.6. The molecule has 0 saturated carbocycles. The van der Waals surface area contributed by atoms with E-state index in [1.807, 2.05) is 36.4 Å². The number of hydrogen-bond acceptors (Lipinski definition) is 6. The average Bonchev–Trinajstić information content (AvgIpc) is 2.90. The number of para-hydroxylation sites is 1. The van der Waals surface area contributed by atoms with E-state index in [4.69, 9.17) is 16.3 Å². The van der Waals surface area contributed by atoms with Crippen molar-refractivity contribution in [3.63, 3.8) is 0 Å². The van der Waals surface area contributed by atoms with Gasteiger partial charge >= 0.3 is 5.97 Å². The van der Waals surface area contributed by atoms with Gasteiger partial charge in [0.2, 0.25) is 0 Å². The van der Waals surface area contributed by atoms with E-state index in [2.05, 4.69) is 10.2 Å². The van der Waals surface area contributed by atoms with Crippen molar-refractivity contribution < 1.29 is 19.4 Å². The van der Waals surface area contributed by atoms with Crippen molar-refractivity contribution in [2.45, 2.75) is 19.8 Å². The number of ether oxygens (including phenoxy) is 1. The molecular formula is C25H30ClN3O4. The number of carbonyl (C=O) groups is 2. The molecule has 2 aromatic carbocycles. The lowest BCUT2D eigenvalue weighted by Gasteiger charge is -2.27. The molecule has 0 unspecified atom stereocenters. The maximum absolute atomic E-state index is 13.3. The molecule has 2 aromatic rings. The van der Waals surface area contributed by atoms with Crippen LogP contribution in [-0.4, -0.2) is 56.4 Å². The second kappa shape index (κ2) is 12.4. The molecule has 0 bridgehead atoms. The van der Waals surface area contributed by atoms with Crippen molar-refractivity contribution in [1.82, 2.24) is 5.32 Å². The number of halogens is 1. The van der Waals surface area contributed by atoms with E-state index in [0.717, 1.165) is 36.4 Å². The van der Waals surface area contributed by atoms with Crippen molar-refractivity contribution in [2.24, 2.45) is 0 Å². The van der Waals surface area contributed by atoms with Gasteiger partial charge in [0.15, 0.2) is 0 Å². The topological polar surface area (TPSA) is 82.1 Å². The summed E-state index contributed by atoms with van der Waals surface area (Å²) in [5.41, 5.74) is 3.01. The molecule has 3 rings (SSSR count). The van der Waals surface area contributed by atoms with Crippen molar-refractivity contribution in [1.29, 1.82) is 0 Å². The predicted octanol–water partition coefficient (Wildman–Crippen LogP) is 3.92. The van der Waals surface area contributed by atoms with Gasteiger partial charge < -0.3 is 25.0 Å². The lowest BCUT2D eigenvalue weighted by molar-refractivity contribution is -0.137. The molecule has 8 heteroatoms. The number of esters is 1. The number of rotatable bonds is 11. The molecule has 7 nitrogen and oxygen atoms in total. The van der Waals surface area contributed by atoms with Crippen LogP contribution in [0.15, 0.2) is 54.6 Å². The van der Waals surface area contributed by atoms with Crippen LogP contribution in [0.5, 0.6) is 0 Å². The van der Waals surface area contributed by atoms with Gasteiger partial charge in [0.05, 0.1) is 35.8 Å². The number of unbranched alkanes of at least 4 members (excludes halogenated alkanes) is 1. The molecule has 176 valence electrons. The zero-order valence-corrected chi connectivity index (χ0v) is 19.6. The number of nitrogens with zero attached hydrogens (tertiary/aromatic N) is 2. The Balaban J connectivity index is 1.70. The summed E-state index contributed by atoms with van der Waals surface area (Å²) in [5.74, 6) is -0.470. The summed E-state index contributed by atoms with van der Waals surface area (Å²) in [4.78, 5) is 28.3. The highest BCUT2D eigenvalue weighted by Gasteiger charge is 2.30. The van der Waals surface area contributed by atoms with Gasteiger partial charge in [-0.1, -0.05) is 29.8 Å². The van der Waals surface area contributed by atoms with Gasteiger partial charge in [-0.15, -0.1) is 0 Å². The summed E-state index contributed by atoms with van der Waals surface area (Å²) in [5, 5.41) is 13.4. The molecule has 0 radical (unpaired) electrons. The fourth-order valence-corrected chi connectivity index (χ4v) is 4.00. The number of carbonyl (C=O) groups excluding carboxylic acids is 2. The molecule has 33 heavy (non-hydrogen) atoms. The van der Waals surface area contributed by atoms with Crippen LogP contribution in [0.25, 0.3) is 0 Å². The lowest BCUT2D eigenvalue weighted by Crippen LogP contribution is -2.33. The number of fused-ring (bicyclic) bond motifs is 2. The maximum atomic E-state index is 13.3. The standard InChI is InChI=1S/C25H30ClN3O4/c1-2-33-24(31)10-7-14-27-13-5-6-15-28-21-9-4-3-8-20(21)25(32)29(16-17-30)22-12-11-19(26)18-23(22)28/h3-4,7-12,18,27,30H,2,5-6,13-17H2,1H3/b10-7+. The fraction of sp³-hybridized carbons (Fsp3) is 0.360. The number of amides is 1. The van der Waals surface area contributed by atoms with Gasteiger partial charge in [0, 0.05) is 30.7 Å². The third kappa shape index (κ3) is 6.35. The summed E-state index contributed by atoms with van der Waals surface area (Å²) in [6.07, 6.45) is 4.97. The molecule has 1 heterocycles. The van der Waals surface area contributed by atoms with Gasteiger partial charge in [-0.25, -0.2) is 4.79 Å². The Bertz CT molecular complexity index is 995. The van der Waals surface area contributed by atoms with Crippen LogP contribution in [-0.2, 0) is 9.53 Å². The van der Waals surface area contributed by atoms with Crippen LogP contribution >= 0.6 is 11.6 Å². The van der Waals surface area contributed by atoms with Crippen LogP contribution < -0.4 is 15.1 Å². The van der Waals surface area contributed by atoms with Gasteiger partial charge in [-0.3, -0.25) is 4.79 Å². The summed E-state index contributed by atoms with van der Waals surface area (Å²) < 4.78 is 4.85. The Kier molecular flexibility index (Phi) is 9.30. The monoisotopic (exact) mass is 471 g/mol. The number of benzene rings is 2. The van der Waals surface area contributed by atoms with E-state index in [1.54, 1.807) is 24.0 Å². The van der Waals surface area contributed by atoms with Crippen molar-refractivity contribution in [3.8, 4) is 0 Å². The Labute approximate surface area is 199 Å². The minimum Gasteiger partial charge on any atom is -0.463 e. The summed E-state index contributed by atoms with van der Waals surface area (Å²) in [6, 6.07) is 13.0. The molecule has 0 fully saturated rings. The van der Waals surface area contributed by atoms with E-state index >= 15 is 0 Å². The fourth-order valence-electron chi connectivity index (χ4n) is 3.83. The molecular weight excluding hydrogens is 442 g/mol. The highest BCUT2D eigenvalue weighted by Crippen LogP contribution is 2.42. The van der Waals surface area contributed by atoms with E-state index in [-0.39, 0.29) is 25.0 Å². The molecule has 0 saturated heterocycles. The quantitative estimate of drug-likeness (QED) is 0.293. The minimum absolute atomic E-state index is 0.133. The van der Waals surface area contributed by atoms with E-state index in [9.17, 15) is 14.7 Å². The first kappa shape index (κ1) is 24.8. The molecule has 0 spiro atoms. The molecule has 2 N–H and O–H groups in total. The maximum Gasteiger partial charge on any atom is 0.330 e. The minimum atomic E-state index is -0.332. The summed E-state index contributed by atoms with van der Waals surface area (Å²) in [7, 11) is 0. The van der Waals surface area contributed by atoms with Crippen LogP contribution in [0.4, 0.5) is 17.1 Å². The summed E-state index contributed by atoms with van der Waals surface area (Å²) >= 11 is 6.33. The molecule has 1 aliphatic rings. The van der Waals surface area contributed by atoms with Crippen LogP contribution in [0, 0.1) is 0 Å². The second-order valence-corrected chi connectivity index (χ2v) is 7.98. The number of hydrogen-bond donors (Lipinski definition) is 2. The number of β-amino-alcohol motifs (C(OH)–C–C–N with tert-alkyl or cyclic N) is 1. The molecule has 1 amide bonds.